The molecule has 0 unspecified atom stereocenters. The molecular formula is C23H26ClN3O7S2. The van der Waals surface area contributed by atoms with Crippen LogP contribution in [0, 0.1) is 5.41 Å². The molecule has 1 spiro atoms. The number of piperidine rings is 1. The van der Waals surface area contributed by atoms with Crippen LogP contribution in [0.5, 0.6) is 0 Å². The molecule has 2 aromatic rings. The minimum absolute atomic E-state index is 0.0513. The number of nitrogens with two attached hydrogens (primary N) is 1. The number of likely N-dealkylation sites (tertiary alicyclic amines) is 2. The van der Waals surface area contributed by atoms with Crippen molar-refractivity contribution >= 4 is 43.5 Å². The van der Waals surface area contributed by atoms with Crippen LogP contribution in [0.1, 0.15) is 28.8 Å². The molecule has 4 rings (SSSR count). The third kappa shape index (κ3) is 5.83. The minimum Gasteiger partial charge on any atom is -0.445 e. The van der Waals surface area contributed by atoms with E-state index in [-0.39, 0.29) is 32.7 Å². The van der Waals surface area contributed by atoms with E-state index in [1.165, 1.54) is 36.4 Å². The van der Waals surface area contributed by atoms with Crippen molar-refractivity contribution < 1.29 is 31.2 Å². The van der Waals surface area contributed by atoms with Crippen molar-refractivity contribution in [3.8, 4) is 0 Å². The number of sulfone groups is 1. The Balaban J connectivity index is 1.27. The number of carbonyl (C=O) groups is 2. The van der Waals surface area contributed by atoms with Crippen LogP contribution in [-0.4, -0.2) is 71.1 Å². The molecule has 2 heterocycles. The zero-order valence-electron chi connectivity index (χ0n) is 19.5. The SMILES string of the molecule is CS(=O)(=O)c1cc(Cl)cc(COC(=O)N2CCC3(CC2)CN(C(=O)c2ccc(S(N)(=O)=O)cc2)C3)c1. The Morgan fingerprint density at radius 2 is 1.58 bits per heavy atom. The first kappa shape index (κ1) is 26.4. The highest BCUT2D eigenvalue weighted by Gasteiger charge is 2.47. The van der Waals surface area contributed by atoms with Gasteiger partial charge in [-0.3, -0.25) is 4.79 Å². The molecule has 0 saturated carbocycles. The molecule has 2 aliphatic rings. The van der Waals surface area contributed by atoms with Crippen molar-refractivity contribution in [2.24, 2.45) is 10.6 Å². The molecule has 13 heteroatoms. The largest absolute Gasteiger partial charge is 0.445 e. The Hall–Kier alpha value is -2.67. The van der Waals surface area contributed by atoms with Crippen molar-refractivity contribution in [3.05, 3.63) is 58.6 Å². The van der Waals surface area contributed by atoms with Gasteiger partial charge in [0.1, 0.15) is 6.61 Å². The molecule has 0 radical (unpaired) electrons. The number of rotatable bonds is 5. The summed E-state index contributed by atoms with van der Waals surface area (Å²) in [6.07, 6.45) is 2.02. The van der Waals surface area contributed by atoms with E-state index in [9.17, 15) is 26.4 Å². The molecule has 2 saturated heterocycles. The fourth-order valence-corrected chi connectivity index (χ4v) is 6.06. The molecule has 36 heavy (non-hydrogen) atoms. The van der Waals surface area contributed by atoms with Gasteiger partial charge in [-0.1, -0.05) is 11.6 Å². The lowest BCUT2D eigenvalue weighted by atomic mass is 9.72. The van der Waals surface area contributed by atoms with E-state index in [1.807, 2.05) is 0 Å². The molecule has 194 valence electrons. The number of hydrogen-bond acceptors (Lipinski definition) is 7. The first-order valence-corrected chi connectivity index (χ1v) is 14.9. The first-order valence-electron chi connectivity index (χ1n) is 11.1. The van der Waals surface area contributed by atoms with E-state index >= 15 is 0 Å². The van der Waals surface area contributed by atoms with Crippen molar-refractivity contribution in [3.63, 3.8) is 0 Å². The lowest BCUT2D eigenvalue weighted by Gasteiger charge is -2.53. The molecule has 2 fully saturated rings. The van der Waals surface area contributed by atoms with Gasteiger partial charge >= 0.3 is 6.09 Å². The summed E-state index contributed by atoms with van der Waals surface area (Å²) in [5.41, 5.74) is 0.804. The van der Waals surface area contributed by atoms with E-state index in [4.69, 9.17) is 21.5 Å². The highest BCUT2D eigenvalue weighted by atomic mass is 35.5. The molecule has 0 aromatic heterocycles. The van der Waals surface area contributed by atoms with Gasteiger partial charge in [0.25, 0.3) is 5.91 Å². The number of carbonyl (C=O) groups excluding carboxylic acids is 2. The van der Waals surface area contributed by atoms with Crippen LogP contribution in [0.15, 0.2) is 52.3 Å². The average Bonchev–Trinajstić information content (AvgIpc) is 2.79. The predicted octanol–water partition coefficient (Wildman–Crippen LogP) is 2.27. The number of sulfonamides is 1. The lowest BCUT2D eigenvalue weighted by molar-refractivity contribution is -0.0319. The molecule has 10 nitrogen and oxygen atoms in total. The molecule has 0 bridgehead atoms. The second kappa shape index (κ2) is 9.66. The topological polar surface area (TPSA) is 144 Å². The van der Waals surface area contributed by atoms with Crippen LogP contribution in [0.2, 0.25) is 5.02 Å². The second-order valence-electron chi connectivity index (χ2n) is 9.34. The Morgan fingerprint density at radius 1 is 0.972 bits per heavy atom. The number of benzene rings is 2. The van der Waals surface area contributed by atoms with Crippen LogP contribution in [0.25, 0.3) is 0 Å². The van der Waals surface area contributed by atoms with Crippen molar-refractivity contribution in [1.82, 2.24) is 9.80 Å². The van der Waals surface area contributed by atoms with E-state index < -0.39 is 26.0 Å². The summed E-state index contributed by atoms with van der Waals surface area (Å²) in [4.78, 5) is 28.6. The van der Waals surface area contributed by atoms with Gasteiger partial charge in [0, 0.05) is 48.4 Å². The highest BCUT2D eigenvalue weighted by molar-refractivity contribution is 7.90. The maximum atomic E-state index is 12.7. The minimum atomic E-state index is -3.82. The normalized spacial score (nSPS) is 17.5. The van der Waals surface area contributed by atoms with Crippen LogP contribution in [-0.2, 0) is 31.2 Å². The smallest absolute Gasteiger partial charge is 0.410 e. The average molecular weight is 556 g/mol. The van der Waals surface area contributed by atoms with Gasteiger partial charge in [0.15, 0.2) is 9.84 Å². The molecule has 2 amide bonds. The summed E-state index contributed by atoms with van der Waals surface area (Å²) in [5.74, 6) is -0.182. The summed E-state index contributed by atoms with van der Waals surface area (Å²) >= 11 is 6.00. The third-order valence-electron chi connectivity index (χ3n) is 6.57. The quantitative estimate of drug-likeness (QED) is 0.595. The fraction of sp³-hybridized carbons (Fsp3) is 0.391. The summed E-state index contributed by atoms with van der Waals surface area (Å²) in [6.45, 7) is 1.98. The zero-order chi connectivity index (χ0) is 26.3. The monoisotopic (exact) mass is 555 g/mol. The number of halogens is 1. The Morgan fingerprint density at radius 3 is 2.14 bits per heavy atom. The van der Waals surface area contributed by atoms with E-state index in [1.54, 1.807) is 15.9 Å². The maximum Gasteiger partial charge on any atom is 0.410 e. The molecule has 2 aliphatic heterocycles. The van der Waals surface area contributed by atoms with Gasteiger partial charge in [0.05, 0.1) is 9.79 Å². The van der Waals surface area contributed by atoms with Gasteiger partial charge in [-0.05, 0) is 60.9 Å². The molecule has 2 aromatic carbocycles. The summed E-state index contributed by atoms with van der Waals surface area (Å²) < 4.78 is 51.7. The molecule has 0 aliphatic carbocycles. The van der Waals surface area contributed by atoms with Gasteiger partial charge in [0.2, 0.25) is 10.0 Å². The van der Waals surface area contributed by atoms with E-state index in [2.05, 4.69) is 0 Å². The van der Waals surface area contributed by atoms with Gasteiger partial charge in [-0.2, -0.15) is 0 Å². The van der Waals surface area contributed by atoms with Gasteiger partial charge in [-0.15, -0.1) is 0 Å². The molecular weight excluding hydrogens is 530 g/mol. The van der Waals surface area contributed by atoms with Crippen LogP contribution < -0.4 is 5.14 Å². The number of ether oxygens (including phenoxy) is 1. The van der Waals surface area contributed by atoms with Crippen molar-refractivity contribution in [1.29, 1.82) is 0 Å². The van der Waals surface area contributed by atoms with Crippen molar-refractivity contribution in [2.75, 3.05) is 32.4 Å². The van der Waals surface area contributed by atoms with Gasteiger partial charge < -0.3 is 14.5 Å². The Labute approximate surface area is 214 Å². The standard InChI is InChI=1S/C23H26ClN3O7S2/c1-35(30,31)20-11-16(10-18(24)12-20)13-34-22(29)26-8-6-23(7-9-26)14-27(15-23)21(28)17-2-4-19(5-3-17)36(25,32)33/h2-5,10-12H,6-9,13-15H2,1H3,(H2,25,32,33). The van der Waals surface area contributed by atoms with E-state index in [0.29, 0.717) is 50.1 Å². The summed E-state index contributed by atoms with van der Waals surface area (Å²) in [5, 5.41) is 5.34. The van der Waals surface area contributed by atoms with Crippen LogP contribution in [0.4, 0.5) is 4.79 Å². The Bertz CT molecular complexity index is 1390. The lowest BCUT2D eigenvalue weighted by Crippen LogP contribution is -2.62. The number of amides is 2. The second-order valence-corrected chi connectivity index (χ2v) is 13.4. The van der Waals surface area contributed by atoms with E-state index in [0.717, 1.165) is 6.26 Å². The van der Waals surface area contributed by atoms with Crippen LogP contribution in [0.3, 0.4) is 0 Å². The zero-order valence-corrected chi connectivity index (χ0v) is 21.9. The fourth-order valence-electron chi connectivity index (χ4n) is 4.51. The Kier molecular flexibility index (Phi) is 7.08. The molecule has 0 atom stereocenters. The number of nitrogens with zero attached hydrogens (tertiary/aromatic N) is 2. The number of primary sulfonamides is 1. The molecule has 2 N–H and O–H groups in total. The number of hydrogen-bond donors (Lipinski definition) is 1. The van der Waals surface area contributed by atoms with Crippen LogP contribution >= 0.6 is 11.6 Å². The first-order chi connectivity index (χ1) is 16.8. The van der Waals surface area contributed by atoms with Gasteiger partial charge in [-0.25, -0.2) is 26.8 Å². The predicted molar refractivity (Wildman–Crippen MR) is 132 cm³/mol. The third-order valence-corrected chi connectivity index (χ3v) is 8.81. The highest BCUT2D eigenvalue weighted by Crippen LogP contribution is 2.41. The van der Waals surface area contributed by atoms with Crippen molar-refractivity contribution in [2.45, 2.75) is 29.2 Å². The summed E-state index contributed by atoms with van der Waals surface area (Å²) in [7, 11) is -7.26. The summed E-state index contributed by atoms with van der Waals surface area (Å²) in [6, 6.07) is 9.86. The maximum absolute atomic E-state index is 12.7.